The van der Waals surface area contributed by atoms with Crippen LogP contribution < -0.4 is 10.9 Å². The molecular weight excluding hydrogens is 350 g/mol. The van der Waals surface area contributed by atoms with E-state index >= 15 is 0 Å². The fraction of sp³-hybridized carbons (Fsp3) is 0.318. The number of rotatable bonds is 2. The molecule has 0 radical (unpaired) electrons. The van der Waals surface area contributed by atoms with E-state index in [1.165, 1.54) is 0 Å². The molecule has 1 aliphatic rings. The smallest absolute Gasteiger partial charge is 0.260 e. The van der Waals surface area contributed by atoms with E-state index < -0.39 is 0 Å². The van der Waals surface area contributed by atoms with E-state index in [9.17, 15) is 4.79 Å². The summed E-state index contributed by atoms with van der Waals surface area (Å²) in [7, 11) is 0. The van der Waals surface area contributed by atoms with Crippen molar-refractivity contribution in [2.45, 2.75) is 32.7 Å². The quantitative estimate of drug-likeness (QED) is 0.586. The standard InChI is InChI=1S/C22H23N5O/c1-14-11-16(13-26-12-15(2)24-21(14)26)19-4-3-18-20(25-19)7-10-27(22(18)28)17-5-8-23-9-6-17/h3-4,7,10-13,17,23H,5-6,8-9H2,1-2H3. The summed E-state index contributed by atoms with van der Waals surface area (Å²) in [6.45, 7) is 5.97. The molecule has 6 nitrogen and oxygen atoms in total. The normalized spacial score (nSPS) is 15.5. The van der Waals surface area contributed by atoms with Crippen LogP contribution in [0.5, 0.6) is 0 Å². The van der Waals surface area contributed by atoms with Crippen LogP contribution in [0.2, 0.25) is 0 Å². The van der Waals surface area contributed by atoms with Crippen LogP contribution in [-0.2, 0) is 0 Å². The van der Waals surface area contributed by atoms with Gasteiger partial charge in [0.2, 0.25) is 0 Å². The maximum absolute atomic E-state index is 13.0. The molecule has 1 aliphatic heterocycles. The lowest BCUT2D eigenvalue weighted by atomic mass is 10.1. The highest BCUT2D eigenvalue weighted by molar-refractivity contribution is 5.80. The number of piperidine rings is 1. The Morgan fingerprint density at radius 2 is 1.89 bits per heavy atom. The van der Waals surface area contributed by atoms with Gasteiger partial charge in [-0.15, -0.1) is 0 Å². The Labute approximate surface area is 162 Å². The Kier molecular flexibility index (Phi) is 4.02. The van der Waals surface area contributed by atoms with Crippen LogP contribution in [0.1, 0.15) is 30.1 Å². The van der Waals surface area contributed by atoms with Gasteiger partial charge in [0.15, 0.2) is 0 Å². The summed E-state index contributed by atoms with van der Waals surface area (Å²) in [4.78, 5) is 22.3. The van der Waals surface area contributed by atoms with Crippen molar-refractivity contribution in [1.82, 2.24) is 24.3 Å². The largest absolute Gasteiger partial charge is 0.317 e. The fourth-order valence-electron chi connectivity index (χ4n) is 4.20. The van der Waals surface area contributed by atoms with Gasteiger partial charge in [-0.2, -0.15) is 0 Å². The number of aryl methyl sites for hydroxylation is 2. The average molecular weight is 373 g/mol. The third kappa shape index (κ3) is 2.81. The molecule has 1 saturated heterocycles. The number of aromatic nitrogens is 4. The van der Waals surface area contributed by atoms with Gasteiger partial charge in [0, 0.05) is 30.2 Å². The maximum atomic E-state index is 13.0. The topological polar surface area (TPSA) is 64.2 Å². The molecule has 0 spiro atoms. The van der Waals surface area contributed by atoms with E-state index in [4.69, 9.17) is 4.98 Å². The molecule has 4 aromatic heterocycles. The molecule has 4 aromatic rings. The van der Waals surface area contributed by atoms with Gasteiger partial charge in [-0.1, -0.05) is 0 Å². The molecule has 0 aliphatic carbocycles. The van der Waals surface area contributed by atoms with Gasteiger partial charge in [0.05, 0.1) is 22.3 Å². The van der Waals surface area contributed by atoms with Crippen molar-refractivity contribution in [3.8, 4) is 11.3 Å². The first-order valence-corrected chi connectivity index (χ1v) is 9.79. The molecule has 0 aromatic carbocycles. The average Bonchev–Trinajstić information content (AvgIpc) is 3.09. The van der Waals surface area contributed by atoms with Crippen molar-refractivity contribution in [3.05, 3.63) is 64.5 Å². The van der Waals surface area contributed by atoms with Crippen LogP contribution in [0.4, 0.5) is 0 Å². The SMILES string of the molecule is Cc1cn2cc(-c3ccc4c(=O)n(C5CCNCC5)ccc4n3)cc(C)c2n1. The Morgan fingerprint density at radius 1 is 1.07 bits per heavy atom. The van der Waals surface area contributed by atoms with E-state index in [1.807, 2.05) is 52.7 Å². The molecule has 0 saturated carbocycles. The highest BCUT2D eigenvalue weighted by atomic mass is 16.1. The zero-order valence-corrected chi connectivity index (χ0v) is 16.1. The van der Waals surface area contributed by atoms with Crippen molar-refractivity contribution < 1.29 is 0 Å². The molecule has 6 heteroatoms. The summed E-state index contributed by atoms with van der Waals surface area (Å²) in [5.41, 5.74) is 5.74. The minimum Gasteiger partial charge on any atom is -0.317 e. The van der Waals surface area contributed by atoms with Gasteiger partial charge < -0.3 is 14.3 Å². The molecule has 5 heterocycles. The summed E-state index contributed by atoms with van der Waals surface area (Å²) in [6, 6.07) is 8.20. The lowest BCUT2D eigenvalue weighted by molar-refractivity contribution is 0.362. The first-order chi connectivity index (χ1) is 13.6. The number of hydrogen-bond acceptors (Lipinski definition) is 4. The van der Waals surface area contributed by atoms with Crippen LogP contribution in [0.25, 0.3) is 27.8 Å². The van der Waals surface area contributed by atoms with Gasteiger partial charge in [-0.05, 0) is 69.6 Å². The van der Waals surface area contributed by atoms with Crippen LogP contribution in [0, 0.1) is 13.8 Å². The molecule has 1 N–H and O–H groups in total. The van der Waals surface area contributed by atoms with Crippen LogP contribution in [0.15, 0.2) is 47.7 Å². The molecule has 0 amide bonds. The van der Waals surface area contributed by atoms with E-state index in [1.54, 1.807) is 0 Å². The molecular formula is C22H23N5O. The molecule has 142 valence electrons. The first-order valence-electron chi connectivity index (χ1n) is 9.79. The summed E-state index contributed by atoms with van der Waals surface area (Å²) in [5, 5.41) is 4.03. The highest BCUT2D eigenvalue weighted by Gasteiger charge is 2.17. The van der Waals surface area contributed by atoms with E-state index in [-0.39, 0.29) is 11.6 Å². The van der Waals surface area contributed by atoms with E-state index in [2.05, 4.69) is 23.3 Å². The summed E-state index contributed by atoms with van der Waals surface area (Å²) >= 11 is 0. The van der Waals surface area contributed by atoms with Gasteiger partial charge in [-0.3, -0.25) is 4.79 Å². The Hall–Kier alpha value is -2.99. The number of pyridine rings is 3. The maximum Gasteiger partial charge on any atom is 0.260 e. The lowest BCUT2D eigenvalue weighted by Gasteiger charge is -2.24. The molecule has 0 atom stereocenters. The zero-order valence-electron chi connectivity index (χ0n) is 16.1. The number of nitrogens with zero attached hydrogens (tertiary/aromatic N) is 4. The van der Waals surface area contributed by atoms with Crippen molar-refractivity contribution in [2.75, 3.05) is 13.1 Å². The van der Waals surface area contributed by atoms with E-state index in [0.717, 1.165) is 59.6 Å². The highest BCUT2D eigenvalue weighted by Crippen LogP contribution is 2.24. The molecule has 0 bridgehead atoms. The number of hydrogen-bond donors (Lipinski definition) is 1. The van der Waals surface area contributed by atoms with Gasteiger partial charge in [0.25, 0.3) is 5.56 Å². The summed E-state index contributed by atoms with van der Waals surface area (Å²) < 4.78 is 3.93. The third-order valence-corrected chi connectivity index (χ3v) is 5.64. The Balaban J connectivity index is 1.59. The van der Waals surface area contributed by atoms with E-state index in [0.29, 0.717) is 5.39 Å². The van der Waals surface area contributed by atoms with Crippen molar-refractivity contribution in [3.63, 3.8) is 0 Å². The molecule has 1 fully saturated rings. The molecule has 5 rings (SSSR count). The van der Waals surface area contributed by atoms with Crippen LogP contribution in [0.3, 0.4) is 0 Å². The predicted molar refractivity (Wildman–Crippen MR) is 111 cm³/mol. The number of nitrogens with one attached hydrogen (secondary N) is 1. The number of fused-ring (bicyclic) bond motifs is 2. The monoisotopic (exact) mass is 373 g/mol. The predicted octanol–water partition coefficient (Wildman–Crippen LogP) is 3.25. The first kappa shape index (κ1) is 17.1. The minimum atomic E-state index is 0.0558. The zero-order chi connectivity index (χ0) is 19.3. The van der Waals surface area contributed by atoms with Crippen molar-refractivity contribution in [1.29, 1.82) is 0 Å². The van der Waals surface area contributed by atoms with Crippen LogP contribution in [-0.4, -0.2) is 32.0 Å². The van der Waals surface area contributed by atoms with Crippen LogP contribution >= 0.6 is 0 Å². The fourth-order valence-corrected chi connectivity index (χ4v) is 4.20. The second-order valence-electron chi connectivity index (χ2n) is 7.66. The summed E-state index contributed by atoms with van der Waals surface area (Å²) in [5.74, 6) is 0. The van der Waals surface area contributed by atoms with Gasteiger partial charge in [-0.25, -0.2) is 9.97 Å². The van der Waals surface area contributed by atoms with Crippen molar-refractivity contribution >= 4 is 16.6 Å². The van der Waals surface area contributed by atoms with Gasteiger partial charge >= 0.3 is 0 Å². The minimum absolute atomic E-state index is 0.0558. The number of imidazole rings is 1. The molecule has 0 unspecified atom stereocenters. The lowest BCUT2D eigenvalue weighted by Crippen LogP contribution is -2.34. The third-order valence-electron chi connectivity index (χ3n) is 5.64. The Morgan fingerprint density at radius 3 is 2.71 bits per heavy atom. The second-order valence-corrected chi connectivity index (χ2v) is 7.66. The second kappa shape index (κ2) is 6.56. The van der Waals surface area contributed by atoms with Crippen molar-refractivity contribution in [2.24, 2.45) is 0 Å². The summed E-state index contributed by atoms with van der Waals surface area (Å²) in [6.07, 6.45) is 7.95. The van der Waals surface area contributed by atoms with Gasteiger partial charge in [0.1, 0.15) is 5.65 Å². The molecule has 28 heavy (non-hydrogen) atoms. The Bertz CT molecular complexity index is 1250.